The third-order valence-corrected chi connectivity index (χ3v) is 4.28. The summed E-state index contributed by atoms with van der Waals surface area (Å²) >= 11 is 17.4. The molecule has 3 aromatic rings. The minimum Gasteiger partial charge on any atom is -0.457 e. The first-order chi connectivity index (χ1) is 11.9. The van der Waals surface area contributed by atoms with Crippen LogP contribution in [0.25, 0.3) is 17.4 Å². The lowest BCUT2D eigenvalue weighted by Crippen LogP contribution is -1.97. The van der Waals surface area contributed by atoms with Gasteiger partial charge in [-0.15, -0.1) is 0 Å². The summed E-state index contributed by atoms with van der Waals surface area (Å²) in [5, 5.41) is 0.583. The van der Waals surface area contributed by atoms with E-state index in [1.54, 1.807) is 24.3 Å². The Balaban J connectivity index is 1.80. The standard InChI is InChI=1S/C19H10Cl3FO2/c20-12-3-1-11(2-4-12)19-8-6-13(25-19)5-7-18(24)14-9-17(23)16(22)10-15(14)21/h1-10H/b7-5+. The zero-order valence-electron chi connectivity index (χ0n) is 12.6. The lowest BCUT2D eigenvalue weighted by atomic mass is 10.1. The van der Waals surface area contributed by atoms with Crippen molar-refractivity contribution in [2.45, 2.75) is 0 Å². The van der Waals surface area contributed by atoms with Crippen LogP contribution < -0.4 is 0 Å². The molecule has 0 aliphatic heterocycles. The average Bonchev–Trinajstić information content (AvgIpc) is 3.05. The van der Waals surface area contributed by atoms with Gasteiger partial charge in [-0.25, -0.2) is 4.39 Å². The topological polar surface area (TPSA) is 30.2 Å². The molecule has 0 aliphatic rings. The molecule has 0 amide bonds. The van der Waals surface area contributed by atoms with Gasteiger partial charge in [-0.1, -0.05) is 34.8 Å². The normalized spacial score (nSPS) is 11.2. The molecule has 25 heavy (non-hydrogen) atoms. The van der Waals surface area contributed by atoms with Gasteiger partial charge in [-0.05, 0) is 60.7 Å². The van der Waals surface area contributed by atoms with Crippen LogP contribution in [0.15, 0.2) is 59.0 Å². The summed E-state index contributed by atoms with van der Waals surface area (Å²) in [6, 6.07) is 12.9. The second-order valence-corrected chi connectivity index (χ2v) is 6.40. The maximum atomic E-state index is 13.5. The molecule has 0 bridgehead atoms. The number of allylic oxidation sites excluding steroid dienone is 1. The van der Waals surface area contributed by atoms with E-state index in [2.05, 4.69) is 0 Å². The fourth-order valence-electron chi connectivity index (χ4n) is 2.17. The first-order valence-electron chi connectivity index (χ1n) is 7.17. The first kappa shape index (κ1) is 17.7. The molecule has 0 fully saturated rings. The van der Waals surface area contributed by atoms with Crippen LogP contribution in [0.4, 0.5) is 4.39 Å². The van der Waals surface area contributed by atoms with E-state index in [-0.39, 0.29) is 15.6 Å². The molecule has 0 spiro atoms. The van der Waals surface area contributed by atoms with Gasteiger partial charge >= 0.3 is 0 Å². The highest BCUT2D eigenvalue weighted by Crippen LogP contribution is 2.26. The van der Waals surface area contributed by atoms with Crippen molar-refractivity contribution in [3.63, 3.8) is 0 Å². The third-order valence-electron chi connectivity index (χ3n) is 3.43. The van der Waals surface area contributed by atoms with Crippen LogP contribution in [-0.2, 0) is 0 Å². The molecule has 0 atom stereocenters. The van der Waals surface area contributed by atoms with E-state index in [1.165, 1.54) is 18.2 Å². The van der Waals surface area contributed by atoms with Crippen LogP contribution in [0.1, 0.15) is 16.1 Å². The van der Waals surface area contributed by atoms with Crippen molar-refractivity contribution in [1.82, 2.24) is 0 Å². The SMILES string of the molecule is O=C(/C=C/c1ccc(-c2ccc(Cl)cc2)o1)c1cc(F)c(Cl)cc1Cl. The highest BCUT2D eigenvalue weighted by molar-refractivity contribution is 6.37. The molecule has 6 heteroatoms. The Morgan fingerprint density at radius 2 is 1.68 bits per heavy atom. The maximum Gasteiger partial charge on any atom is 0.187 e. The maximum absolute atomic E-state index is 13.5. The van der Waals surface area contributed by atoms with Crippen LogP contribution in [0.3, 0.4) is 0 Å². The fraction of sp³-hybridized carbons (Fsp3) is 0. The zero-order chi connectivity index (χ0) is 18.0. The highest BCUT2D eigenvalue weighted by Gasteiger charge is 2.12. The Hall–Kier alpha value is -2.07. The molecular weight excluding hydrogens is 386 g/mol. The summed E-state index contributed by atoms with van der Waals surface area (Å²) in [5.41, 5.74) is 0.891. The van der Waals surface area contributed by atoms with Crippen molar-refractivity contribution in [3.8, 4) is 11.3 Å². The molecule has 0 saturated heterocycles. The summed E-state index contributed by atoms with van der Waals surface area (Å²) < 4.78 is 19.2. The number of halogens is 4. The lowest BCUT2D eigenvalue weighted by molar-refractivity contribution is 0.104. The van der Waals surface area contributed by atoms with Crippen molar-refractivity contribution in [2.24, 2.45) is 0 Å². The van der Waals surface area contributed by atoms with Gasteiger partial charge in [-0.2, -0.15) is 0 Å². The second-order valence-electron chi connectivity index (χ2n) is 5.15. The van der Waals surface area contributed by atoms with Crippen molar-refractivity contribution in [2.75, 3.05) is 0 Å². The minimum absolute atomic E-state index is 0.0318. The van der Waals surface area contributed by atoms with Crippen molar-refractivity contribution < 1.29 is 13.6 Å². The van der Waals surface area contributed by atoms with E-state index < -0.39 is 11.6 Å². The molecule has 0 aliphatic carbocycles. The number of benzene rings is 2. The number of rotatable bonds is 4. The molecule has 3 rings (SSSR count). The van der Waals surface area contributed by atoms with Gasteiger partial charge in [0.15, 0.2) is 5.78 Å². The number of hydrogen-bond donors (Lipinski definition) is 0. The van der Waals surface area contributed by atoms with E-state index in [1.807, 2.05) is 12.1 Å². The molecule has 0 saturated carbocycles. The van der Waals surface area contributed by atoms with Crippen LogP contribution >= 0.6 is 34.8 Å². The van der Waals surface area contributed by atoms with Crippen LogP contribution in [0.5, 0.6) is 0 Å². The fourth-order valence-corrected chi connectivity index (χ4v) is 2.77. The molecular formula is C19H10Cl3FO2. The summed E-state index contributed by atoms with van der Waals surface area (Å²) in [6.07, 6.45) is 2.75. The van der Waals surface area contributed by atoms with Gasteiger partial charge in [-0.3, -0.25) is 4.79 Å². The molecule has 126 valence electrons. The number of carbonyl (C=O) groups excluding carboxylic acids is 1. The van der Waals surface area contributed by atoms with Crippen LogP contribution in [-0.4, -0.2) is 5.78 Å². The van der Waals surface area contributed by atoms with E-state index in [4.69, 9.17) is 39.2 Å². The lowest BCUT2D eigenvalue weighted by Gasteiger charge is -2.01. The van der Waals surface area contributed by atoms with Crippen molar-refractivity contribution in [1.29, 1.82) is 0 Å². The first-order valence-corrected chi connectivity index (χ1v) is 8.30. The van der Waals surface area contributed by atoms with Gasteiger partial charge < -0.3 is 4.42 Å². The molecule has 1 aromatic heterocycles. The number of carbonyl (C=O) groups is 1. The van der Waals surface area contributed by atoms with E-state index >= 15 is 0 Å². The van der Waals surface area contributed by atoms with Gasteiger partial charge in [0.25, 0.3) is 0 Å². The van der Waals surface area contributed by atoms with E-state index in [0.29, 0.717) is 16.5 Å². The average molecular weight is 396 g/mol. The summed E-state index contributed by atoms with van der Waals surface area (Å²) in [6.45, 7) is 0. The Morgan fingerprint density at radius 1 is 0.960 bits per heavy atom. The monoisotopic (exact) mass is 394 g/mol. The van der Waals surface area contributed by atoms with Crippen molar-refractivity contribution in [3.05, 3.63) is 86.8 Å². The molecule has 0 N–H and O–H groups in total. The Morgan fingerprint density at radius 3 is 2.40 bits per heavy atom. The quantitative estimate of drug-likeness (QED) is 0.272. The van der Waals surface area contributed by atoms with E-state index in [9.17, 15) is 9.18 Å². The Bertz CT molecular complexity index is 959. The molecule has 1 heterocycles. The smallest absolute Gasteiger partial charge is 0.187 e. The van der Waals surface area contributed by atoms with Crippen LogP contribution in [0, 0.1) is 5.82 Å². The number of hydrogen-bond acceptors (Lipinski definition) is 2. The Labute approximate surface area is 158 Å². The highest BCUT2D eigenvalue weighted by atomic mass is 35.5. The summed E-state index contributed by atoms with van der Waals surface area (Å²) in [4.78, 5) is 12.2. The van der Waals surface area contributed by atoms with Gasteiger partial charge in [0.1, 0.15) is 17.3 Å². The molecule has 0 radical (unpaired) electrons. The summed E-state index contributed by atoms with van der Waals surface area (Å²) in [7, 11) is 0. The minimum atomic E-state index is -0.703. The molecule has 2 nitrogen and oxygen atoms in total. The molecule has 0 unspecified atom stereocenters. The summed E-state index contributed by atoms with van der Waals surface area (Å²) in [5.74, 6) is -0.0426. The number of ketones is 1. The predicted octanol–water partition coefficient (Wildman–Crippen LogP) is 6.94. The predicted molar refractivity (Wildman–Crippen MR) is 98.9 cm³/mol. The van der Waals surface area contributed by atoms with Crippen molar-refractivity contribution >= 4 is 46.7 Å². The van der Waals surface area contributed by atoms with Crippen LogP contribution in [0.2, 0.25) is 15.1 Å². The third kappa shape index (κ3) is 4.13. The largest absolute Gasteiger partial charge is 0.457 e. The Kier molecular flexibility index (Phi) is 5.28. The van der Waals surface area contributed by atoms with Gasteiger partial charge in [0.05, 0.1) is 10.0 Å². The van der Waals surface area contributed by atoms with Gasteiger partial charge in [0, 0.05) is 16.1 Å². The zero-order valence-corrected chi connectivity index (χ0v) is 14.9. The van der Waals surface area contributed by atoms with E-state index in [0.717, 1.165) is 11.6 Å². The molecule has 2 aromatic carbocycles. The number of furan rings is 1. The second kappa shape index (κ2) is 7.44. The van der Waals surface area contributed by atoms with Gasteiger partial charge in [0.2, 0.25) is 0 Å².